The van der Waals surface area contributed by atoms with E-state index in [9.17, 15) is 14.3 Å². The predicted molar refractivity (Wildman–Crippen MR) is 86.9 cm³/mol. The molecule has 1 aliphatic carbocycles. The fraction of sp³-hybridized carbons (Fsp3) is 0.588. The Balaban J connectivity index is 2.41. The number of amides is 1. The van der Waals surface area contributed by atoms with E-state index in [1.54, 1.807) is 32.9 Å². The summed E-state index contributed by atoms with van der Waals surface area (Å²) in [6, 6.07) is 4.60. The molecule has 1 aromatic rings. The Kier molecular flexibility index (Phi) is 5.21. The van der Waals surface area contributed by atoms with Crippen molar-refractivity contribution in [3.8, 4) is 0 Å². The van der Waals surface area contributed by atoms with Crippen LogP contribution in [0.2, 0.25) is 5.02 Å². The van der Waals surface area contributed by atoms with Crippen LogP contribution < -0.4 is 5.32 Å². The molecule has 1 fully saturated rings. The van der Waals surface area contributed by atoms with Gasteiger partial charge in [-0.1, -0.05) is 36.6 Å². The van der Waals surface area contributed by atoms with Gasteiger partial charge in [0.2, 0.25) is 0 Å². The number of hydrogen-bond donors (Lipinski definition) is 2. The molecule has 6 heteroatoms. The standard InChI is InChI=1S/C17H23ClFNO3/c1-16(2,3)23-15(22)20-17(10-5-4-9-13(17)21)11-7-6-8-12(18)14(11)19/h6-8,13,21H,4-5,9-10H2,1-3H3,(H,20,22). The lowest BCUT2D eigenvalue weighted by Crippen LogP contribution is -2.56. The Labute approximate surface area is 141 Å². The zero-order chi connectivity index (χ0) is 17.3. The molecule has 2 rings (SSSR count). The molecule has 0 radical (unpaired) electrons. The summed E-state index contributed by atoms with van der Waals surface area (Å²) < 4.78 is 19.8. The largest absolute Gasteiger partial charge is 0.444 e. The van der Waals surface area contributed by atoms with Crippen molar-refractivity contribution in [2.75, 3.05) is 0 Å². The van der Waals surface area contributed by atoms with Crippen LogP contribution >= 0.6 is 11.6 Å². The van der Waals surface area contributed by atoms with Gasteiger partial charge in [0.05, 0.1) is 16.7 Å². The SMILES string of the molecule is CC(C)(C)OC(=O)NC1(c2cccc(Cl)c2F)CCCCC1O. The van der Waals surface area contributed by atoms with E-state index in [0.29, 0.717) is 12.8 Å². The van der Waals surface area contributed by atoms with E-state index in [-0.39, 0.29) is 10.6 Å². The summed E-state index contributed by atoms with van der Waals surface area (Å²) in [5.74, 6) is -0.619. The highest BCUT2D eigenvalue weighted by molar-refractivity contribution is 6.30. The molecule has 2 unspecified atom stereocenters. The van der Waals surface area contributed by atoms with Gasteiger partial charge in [-0.2, -0.15) is 0 Å². The quantitative estimate of drug-likeness (QED) is 0.848. The highest BCUT2D eigenvalue weighted by Gasteiger charge is 2.45. The molecule has 0 aliphatic heterocycles. The van der Waals surface area contributed by atoms with Crippen molar-refractivity contribution >= 4 is 17.7 Å². The maximum absolute atomic E-state index is 14.6. The first kappa shape index (κ1) is 18.0. The van der Waals surface area contributed by atoms with Crippen LogP contribution in [0.15, 0.2) is 18.2 Å². The molecule has 1 amide bonds. The number of rotatable bonds is 2. The molecule has 128 valence electrons. The zero-order valence-electron chi connectivity index (χ0n) is 13.7. The molecule has 0 aromatic heterocycles. The first-order valence-corrected chi connectivity index (χ1v) is 8.17. The van der Waals surface area contributed by atoms with Gasteiger partial charge < -0.3 is 15.2 Å². The third-order valence-electron chi connectivity index (χ3n) is 4.02. The topological polar surface area (TPSA) is 58.6 Å². The van der Waals surface area contributed by atoms with Crippen molar-refractivity contribution in [1.82, 2.24) is 5.32 Å². The molecule has 4 nitrogen and oxygen atoms in total. The zero-order valence-corrected chi connectivity index (χ0v) is 14.4. The molecule has 2 N–H and O–H groups in total. The second-order valence-corrected chi connectivity index (χ2v) is 7.37. The van der Waals surface area contributed by atoms with Crippen LogP contribution in [0.25, 0.3) is 0 Å². The molecule has 0 spiro atoms. The second-order valence-electron chi connectivity index (χ2n) is 6.96. The summed E-state index contributed by atoms with van der Waals surface area (Å²) in [5, 5.41) is 13.2. The Bertz CT molecular complexity index is 588. The third kappa shape index (κ3) is 3.96. The number of benzene rings is 1. The number of carbonyl (C=O) groups excluding carboxylic acids is 1. The predicted octanol–water partition coefficient (Wildman–Crippen LogP) is 4.13. The van der Waals surface area contributed by atoms with Gasteiger partial charge in [-0.3, -0.25) is 0 Å². The average Bonchev–Trinajstić information content (AvgIpc) is 2.42. The van der Waals surface area contributed by atoms with Crippen LogP contribution in [-0.2, 0) is 10.3 Å². The smallest absolute Gasteiger partial charge is 0.408 e. The van der Waals surface area contributed by atoms with E-state index in [1.807, 2.05) is 0 Å². The summed E-state index contributed by atoms with van der Waals surface area (Å²) in [6.07, 6.45) is 0.890. The van der Waals surface area contributed by atoms with Crippen molar-refractivity contribution < 1.29 is 19.0 Å². The Morgan fingerprint density at radius 2 is 2.13 bits per heavy atom. The van der Waals surface area contributed by atoms with E-state index < -0.39 is 29.2 Å². The number of nitrogens with one attached hydrogen (secondary N) is 1. The number of halogens is 2. The lowest BCUT2D eigenvalue weighted by molar-refractivity contribution is -0.000655. The summed E-state index contributed by atoms with van der Waals surface area (Å²) in [4.78, 5) is 12.2. The van der Waals surface area contributed by atoms with Gasteiger partial charge in [-0.05, 0) is 39.7 Å². The molecular formula is C17H23ClFNO3. The lowest BCUT2D eigenvalue weighted by atomic mass is 9.74. The molecule has 1 aromatic carbocycles. The number of alkyl carbamates (subject to hydrolysis) is 1. The van der Waals surface area contributed by atoms with Gasteiger partial charge in [0.1, 0.15) is 11.4 Å². The molecule has 1 saturated carbocycles. The highest BCUT2D eigenvalue weighted by Crippen LogP contribution is 2.40. The maximum atomic E-state index is 14.6. The molecule has 0 saturated heterocycles. The Morgan fingerprint density at radius 3 is 2.74 bits per heavy atom. The van der Waals surface area contributed by atoms with E-state index in [4.69, 9.17) is 16.3 Å². The molecule has 0 bridgehead atoms. The Morgan fingerprint density at radius 1 is 1.43 bits per heavy atom. The number of hydrogen-bond acceptors (Lipinski definition) is 3. The summed E-state index contributed by atoms with van der Waals surface area (Å²) >= 11 is 5.89. The number of aliphatic hydroxyl groups is 1. The lowest BCUT2D eigenvalue weighted by Gasteiger charge is -2.42. The van der Waals surface area contributed by atoms with Crippen LogP contribution in [0.4, 0.5) is 9.18 Å². The van der Waals surface area contributed by atoms with Crippen LogP contribution in [0.1, 0.15) is 52.0 Å². The summed E-state index contributed by atoms with van der Waals surface area (Å²) in [5.41, 5.74) is -1.71. The fourth-order valence-corrected chi connectivity index (χ4v) is 3.19. The Hall–Kier alpha value is -1.33. The normalized spacial score (nSPS) is 25.0. The van der Waals surface area contributed by atoms with Gasteiger partial charge in [-0.25, -0.2) is 9.18 Å². The molecule has 0 heterocycles. The van der Waals surface area contributed by atoms with Crippen molar-refractivity contribution in [3.05, 3.63) is 34.6 Å². The number of aliphatic hydroxyl groups excluding tert-OH is 1. The van der Waals surface area contributed by atoms with Gasteiger partial charge in [0.25, 0.3) is 0 Å². The first-order chi connectivity index (χ1) is 10.7. The second kappa shape index (κ2) is 6.65. The summed E-state index contributed by atoms with van der Waals surface area (Å²) in [7, 11) is 0. The average molecular weight is 344 g/mol. The summed E-state index contributed by atoms with van der Waals surface area (Å²) in [6.45, 7) is 5.24. The number of carbonyl (C=O) groups is 1. The van der Waals surface area contributed by atoms with Crippen molar-refractivity contribution in [3.63, 3.8) is 0 Å². The van der Waals surface area contributed by atoms with Crippen LogP contribution in [-0.4, -0.2) is 22.9 Å². The van der Waals surface area contributed by atoms with Crippen LogP contribution in [0, 0.1) is 5.82 Å². The van der Waals surface area contributed by atoms with E-state index in [0.717, 1.165) is 12.8 Å². The minimum absolute atomic E-state index is 0.0364. The van der Waals surface area contributed by atoms with E-state index >= 15 is 0 Å². The van der Waals surface area contributed by atoms with E-state index in [1.165, 1.54) is 6.07 Å². The van der Waals surface area contributed by atoms with Gasteiger partial charge in [-0.15, -0.1) is 0 Å². The first-order valence-electron chi connectivity index (χ1n) is 7.79. The molecule has 1 aliphatic rings. The minimum atomic E-state index is -1.23. The third-order valence-corrected chi connectivity index (χ3v) is 4.32. The van der Waals surface area contributed by atoms with Gasteiger partial charge in [0.15, 0.2) is 0 Å². The molecule has 23 heavy (non-hydrogen) atoms. The maximum Gasteiger partial charge on any atom is 0.408 e. The fourth-order valence-electron chi connectivity index (χ4n) is 3.02. The minimum Gasteiger partial charge on any atom is -0.444 e. The van der Waals surface area contributed by atoms with Crippen molar-refractivity contribution in [1.29, 1.82) is 0 Å². The van der Waals surface area contributed by atoms with Crippen LogP contribution in [0.5, 0.6) is 0 Å². The molecule has 2 atom stereocenters. The number of ether oxygens (including phenoxy) is 1. The monoisotopic (exact) mass is 343 g/mol. The van der Waals surface area contributed by atoms with E-state index in [2.05, 4.69) is 5.32 Å². The van der Waals surface area contributed by atoms with Crippen molar-refractivity contribution in [2.24, 2.45) is 0 Å². The van der Waals surface area contributed by atoms with Gasteiger partial charge >= 0.3 is 6.09 Å². The molecular weight excluding hydrogens is 321 g/mol. The van der Waals surface area contributed by atoms with Gasteiger partial charge in [0, 0.05) is 5.56 Å². The highest BCUT2D eigenvalue weighted by atomic mass is 35.5. The van der Waals surface area contributed by atoms with Crippen LogP contribution in [0.3, 0.4) is 0 Å². The van der Waals surface area contributed by atoms with Crippen molar-refractivity contribution in [2.45, 2.75) is 63.7 Å².